The molecule has 0 fully saturated rings. The van der Waals surface area contributed by atoms with Crippen molar-refractivity contribution in [3.05, 3.63) is 93.2 Å². The number of aromatic amines is 1. The summed E-state index contributed by atoms with van der Waals surface area (Å²) in [5, 5.41) is 11.7. The summed E-state index contributed by atoms with van der Waals surface area (Å²) in [6.45, 7) is -0.585. The maximum atomic E-state index is 13.5. The molecular weight excluding hydrogens is 470 g/mol. The van der Waals surface area contributed by atoms with Gasteiger partial charge < -0.3 is 24.1 Å². The second-order valence-corrected chi connectivity index (χ2v) is 8.83. The molecule has 1 aliphatic heterocycles. The highest BCUT2D eigenvalue weighted by Crippen LogP contribution is 2.36. The SMILES string of the molecule is Cc1cc(=O)c(O)c(C(CC(=O)N2CCc3c([nH]c4ccccc34)C2)c2cccc(OC(F)F)c2)o1. The number of aromatic nitrogens is 1. The lowest BCUT2D eigenvalue weighted by Gasteiger charge is -2.29. The van der Waals surface area contributed by atoms with Crippen LogP contribution in [0.25, 0.3) is 10.9 Å². The molecule has 5 rings (SSSR count). The summed E-state index contributed by atoms with van der Waals surface area (Å²) in [5.74, 6) is -1.68. The quantitative estimate of drug-likeness (QED) is 0.400. The van der Waals surface area contributed by atoms with Crippen molar-refractivity contribution in [2.24, 2.45) is 0 Å². The van der Waals surface area contributed by atoms with Crippen LogP contribution in [0.3, 0.4) is 0 Å². The predicted octanol–water partition coefficient (Wildman–Crippen LogP) is 4.84. The van der Waals surface area contributed by atoms with E-state index < -0.39 is 23.7 Å². The standard InChI is InChI=1S/C27H24F2N2O5/c1-15-11-23(32)25(34)26(35-15)20(16-5-4-6-17(12-16)36-27(28)29)13-24(33)31-10-9-19-18-7-2-3-8-21(18)30-22(19)14-31/h2-8,11-12,20,27,30,34H,9-10,13-14H2,1H3. The van der Waals surface area contributed by atoms with Crippen LogP contribution in [-0.2, 0) is 17.8 Å². The van der Waals surface area contributed by atoms with Gasteiger partial charge in [-0.25, -0.2) is 0 Å². The van der Waals surface area contributed by atoms with E-state index in [1.807, 2.05) is 18.2 Å². The molecule has 0 radical (unpaired) electrons. The summed E-state index contributed by atoms with van der Waals surface area (Å²) >= 11 is 0. The van der Waals surface area contributed by atoms with Crippen LogP contribution >= 0.6 is 0 Å². The van der Waals surface area contributed by atoms with Gasteiger partial charge in [0.25, 0.3) is 0 Å². The monoisotopic (exact) mass is 494 g/mol. The Morgan fingerprint density at radius 1 is 1.19 bits per heavy atom. The van der Waals surface area contributed by atoms with Crippen molar-refractivity contribution in [2.45, 2.75) is 38.8 Å². The lowest BCUT2D eigenvalue weighted by Crippen LogP contribution is -2.36. The van der Waals surface area contributed by atoms with Gasteiger partial charge in [0.15, 0.2) is 5.76 Å². The van der Waals surface area contributed by atoms with Crippen LogP contribution in [0, 0.1) is 6.92 Å². The van der Waals surface area contributed by atoms with Crippen LogP contribution in [0.1, 0.15) is 40.7 Å². The first-order valence-electron chi connectivity index (χ1n) is 11.5. The molecule has 0 saturated heterocycles. The van der Waals surface area contributed by atoms with Crippen molar-refractivity contribution in [3.8, 4) is 11.5 Å². The van der Waals surface area contributed by atoms with Crippen molar-refractivity contribution >= 4 is 16.8 Å². The first kappa shape index (κ1) is 23.6. The highest BCUT2D eigenvalue weighted by molar-refractivity contribution is 5.86. The number of nitrogens with zero attached hydrogens (tertiary/aromatic N) is 1. The van der Waals surface area contributed by atoms with Crippen molar-refractivity contribution in [1.29, 1.82) is 0 Å². The van der Waals surface area contributed by atoms with Crippen LogP contribution < -0.4 is 10.2 Å². The molecule has 1 atom stereocenters. The summed E-state index contributed by atoms with van der Waals surface area (Å²) in [6.07, 6.45) is 0.534. The summed E-state index contributed by atoms with van der Waals surface area (Å²) in [5.41, 5.74) is 2.91. The molecule has 7 nitrogen and oxygen atoms in total. The molecule has 2 aromatic heterocycles. The number of hydrogen-bond donors (Lipinski definition) is 2. The van der Waals surface area contributed by atoms with Gasteiger partial charge in [-0.2, -0.15) is 8.78 Å². The molecule has 36 heavy (non-hydrogen) atoms. The van der Waals surface area contributed by atoms with E-state index >= 15 is 0 Å². The fraction of sp³-hybridized carbons (Fsp3) is 0.259. The highest BCUT2D eigenvalue weighted by Gasteiger charge is 2.30. The van der Waals surface area contributed by atoms with Crippen molar-refractivity contribution in [1.82, 2.24) is 9.88 Å². The lowest BCUT2D eigenvalue weighted by atomic mass is 9.91. The van der Waals surface area contributed by atoms with Gasteiger partial charge in [-0.05, 0) is 42.7 Å². The third-order valence-corrected chi connectivity index (χ3v) is 6.49. The maximum absolute atomic E-state index is 13.5. The normalized spacial score (nSPS) is 14.2. The number of hydrogen-bond acceptors (Lipinski definition) is 5. The molecule has 3 heterocycles. The van der Waals surface area contributed by atoms with Crippen LogP contribution in [0.15, 0.2) is 63.8 Å². The van der Waals surface area contributed by atoms with E-state index in [0.717, 1.165) is 22.7 Å². The van der Waals surface area contributed by atoms with Gasteiger partial charge in [0.1, 0.15) is 11.5 Å². The van der Waals surface area contributed by atoms with Gasteiger partial charge in [-0.1, -0.05) is 30.3 Å². The third kappa shape index (κ3) is 4.56. The minimum absolute atomic E-state index is 0.0918. The molecule has 1 unspecified atom stereocenters. The summed E-state index contributed by atoms with van der Waals surface area (Å²) in [6, 6.07) is 15.0. The molecule has 2 N–H and O–H groups in total. The molecule has 1 aliphatic rings. The third-order valence-electron chi connectivity index (χ3n) is 6.49. The Bertz CT molecular complexity index is 1490. The van der Waals surface area contributed by atoms with Gasteiger partial charge in [0.2, 0.25) is 17.1 Å². The molecular formula is C27H24F2N2O5. The lowest BCUT2D eigenvalue weighted by molar-refractivity contribution is -0.132. The second-order valence-electron chi connectivity index (χ2n) is 8.83. The Balaban J connectivity index is 1.47. The van der Waals surface area contributed by atoms with E-state index in [1.165, 1.54) is 23.8 Å². The smallest absolute Gasteiger partial charge is 0.387 e. The van der Waals surface area contributed by atoms with E-state index in [2.05, 4.69) is 15.8 Å². The fourth-order valence-electron chi connectivity index (χ4n) is 4.84. The summed E-state index contributed by atoms with van der Waals surface area (Å²) in [7, 11) is 0. The van der Waals surface area contributed by atoms with Crippen molar-refractivity contribution in [3.63, 3.8) is 0 Å². The number of aromatic hydroxyl groups is 1. The van der Waals surface area contributed by atoms with Crippen LogP contribution in [0.4, 0.5) is 8.78 Å². The molecule has 9 heteroatoms. The van der Waals surface area contributed by atoms with Gasteiger partial charge in [0.05, 0.1) is 12.5 Å². The predicted molar refractivity (Wildman–Crippen MR) is 128 cm³/mol. The number of aryl methyl sites for hydroxylation is 1. The zero-order chi connectivity index (χ0) is 25.4. The number of amides is 1. The number of benzene rings is 2. The Labute approximate surface area is 204 Å². The average molecular weight is 494 g/mol. The topological polar surface area (TPSA) is 95.8 Å². The molecule has 0 aliphatic carbocycles. The molecule has 4 aromatic rings. The number of rotatable bonds is 6. The highest BCUT2D eigenvalue weighted by atomic mass is 19.3. The zero-order valence-electron chi connectivity index (χ0n) is 19.5. The number of fused-ring (bicyclic) bond motifs is 3. The molecule has 1 amide bonds. The minimum atomic E-state index is -3.02. The molecule has 186 valence electrons. The van der Waals surface area contributed by atoms with Gasteiger partial charge in [-0.15, -0.1) is 0 Å². The van der Waals surface area contributed by atoms with E-state index in [0.29, 0.717) is 25.1 Å². The Hall–Kier alpha value is -4.14. The Morgan fingerprint density at radius 3 is 2.81 bits per heavy atom. The number of alkyl halides is 2. The van der Waals surface area contributed by atoms with Crippen LogP contribution in [0.2, 0.25) is 0 Å². The number of ether oxygens (including phenoxy) is 1. The number of para-hydroxylation sites is 1. The number of carbonyl (C=O) groups is 1. The number of H-pyrrole nitrogens is 1. The zero-order valence-corrected chi connectivity index (χ0v) is 19.5. The molecule has 0 saturated carbocycles. The summed E-state index contributed by atoms with van der Waals surface area (Å²) < 4.78 is 35.8. The molecule has 2 aromatic carbocycles. The number of halogens is 2. The van der Waals surface area contributed by atoms with Crippen LogP contribution in [-0.4, -0.2) is 34.1 Å². The fourth-order valence-corrected chi connectivity index (χ4v) is 4.84. The van der Waals surface area contributed by atoms with Crippen molar-refractivity contribution in [2.75, 3.05) is 6.54 Å². The van der Waals surface area contributed by atoms with Crippen molar-refractivity contribution < 1.29 is 27.8 Å². The Morgan fingerprint density at radius 2 is 2.00 bits per heavy atom. The van der Waals surface area contributed by atoms with E-state index in [-0.39, 0.29) is 29.6 Å². The first-order chi connectivity index (χ1) is 17.3. The van der Waals surface area contributed by atoms with E-state index in [4.69, 9.17) is 4.42 Å². The van der Waals surface area contributed by atoms with Gasteiger partial charge in [-0.3, -0.25) is 9.59 Å². The average Bonchev–Trinajstić information content (AvgIpc) is 3.22. The number of carbonyl (C=O) groups excluding carboxylic acids is 1. The Kier molecular flexibility index (Phi) is 6.22. The minimum Gasteiger partial charge on any atom is -0.502 e. The van der Waals surface area contributed by atoms with Crippen LogP contribution in [0.5, 0.6) is 11.5 Å². The summed E-state index contributed by atoms with van der Waals surface area (Å²) in [4.78, 5) is 30.9. The van der Waals surface area contributed by atoms with Gasteiger partial charge in [0, 0.05) is 35.6 Å². The maximum Gasteiger partial charge on any atom is 0.387 e. The molecule has 0 spiro atoms. The van der Waals surface area contributed by atoms with E-state index in [1.54, 1.807) is 17.9 Å². The first-order valence-corrected chi connectivity index (χ1v) is 11.5. The molecule has 0 bridgehead atoms. The van der Waals surface area contributed by atoms with E-state index in [9.17, 15) is 23.5 Å². The largest absolute Gasteiger partial charge is 0.502 e. The second kappa shape index (κ2) is 9.49. The number of nitrogens with one attached hydrogen (secondary N) is 1. The van der Waals surface area contributed by atoms with Gasteiger partial charge >= 0.3 is 6.61 Å².